The fraction of sp³-hybridized carbons (Fsp3) is 0.500. The minimum Gasteiger partial charge on any atom is -0.322 e. The summed E-state index contributed by atoms with van der Waals surface area (Å²) in [7, 11) is 1.77. The molecule has 2 heterocycles. The normalized spacial score (nSPS) is 11.4. The Morgan fingerprint density at radius 2 is 2.19 bits per heavy atom. The SMILES string of the molecule is CCC(C)(C)c1nnc(NC(=O)N(C)Cc2cccs2)s1. The number of urea groups is 1. The van der Waals surface area contributed by atoms with E-state index in [0.29, 0.717) is 11.7 Å². The fourth-order valence-corrected chi connectivity index (χ4v) is 3.26. The van der Waals surface area contributed by atoms with Crippen molar-refractivity contribution in [3.63, 3.8) is 0 Å². The molecule has 0 aliphatic rings. The molecule has 0 unspecified atom stereocenters. The van der Waals surface area contributed by atoms with Gasteiger partial charge < -0.3 is 4.90 Å². The highest BCUT2D eigenvalue weighted by Gasteiger charge is 2.24. The molecule has 0 saturated heterocycles. The summed E-state index contributed by atoms with van der Waals surface area (Å²) in [6.45, 7) is 6.97. The summed E-state index contributed by atoms with van der Waals surface area (Å²) in [5, 5.41) is 14.6. The predicted octanol–water partition coefficient (Wildman–Crippen LogP) is 3.95. The van der Waals surface area contributed by atoms with E-state index in [4.69, 9.17) is 0 Å². The Morgan fingerprint density at radius 3 is 2.81 bits per heavy atom. The van der Waals surface area contributed by atoms with Crippen LogP contribution in [0.5, 0.6) is 0 Å². The maximum atomic E-state index is 12.1. The Kier molecular flexibility index (Phi) is 4.95. The number of carbonyl (C=O) groups is 1. The number of carbonyl (C=O) groups excluding carboxylic acids is 1. The second-order valence-electron chi connectivity index (χ2n) is 5.52. The molecule has 2 aromatic rings. The molecule has 0 aromatic carbocycles. The zero-order chi connectivity index (χ0) is 15.5. The van der Waals surface area contributed by atoms with Gasteiger partial charge in [0.15, 0.2) is 0 Å². The van der Waals surface area contributed by atoms with E-state index < -0.39 is 0 Å². The van der Waals surface area contributed by atoms with Crippen LogP contribution in [0.2, 0.25) is 0 Å². The molecule has 114 valence electrons. The predicted molar refractivity (Wildman–Crippen MR) is 88.0 cm³/mol. The van der Waals surface area contributed by atoms with Gasteiger partial charge in [-0.3, -0.25) is 5.32 Å². The van der Waals surface area contributed by atoms with E-state index in [2.05, 4.69) is 36.3 Å². The van der Waals surface area contributed by atoms with Crippen LogP contribution in [-0.2, 0) is 12.0 Å². The van der Waals surface area contributed by atoms with Crippen LogP contribution in [-0.4, -0.2) is 28.2 Å². The van der Waals surface area contributed by atoms with Gasteiger partial charge in [0, 0.05) is 17.3 Å². The van der Waals surface area contributed by atoms with Gasteiger partial charge in [-0.15, -0.1) is 21.5 Å². The van der Waals surface area contributed by atoms with Gasteiger partial charge in [0.05, 0.1) is 6.54 Å². The van der Waals surface area contributed by atoms with Crippen molar-refractivity contribution in [1.82, 2.24) is 15.1 Å². The first-order valence-corrected chi connectivity index (χ1v) is 8.50. The van der Waals surface area contributed by atoms with E-state index in [1.54, 1.807) is 23.3 Å². The quantitative estimate of drug-likeness (QED) is 0.906. The first-order valence-electron chi connectivity index (χ1n) is 6.81. The Balaban J connectivity index is 1.96. The van der Waals surface area contributed by atoms with Crippen LogP contribution in [0.3, 0.4) is 0 Å². The van der Waals surface area contributed by atoms with Crippen LogP contribution in [0.15, 0.2) is 17.5 Å². The van der Waals surface area contributed by atoms with Crippen molar-refractivity contribution in [2.45, 2.75) is 39.2 Å². The summed E-state index contributed by atoms with van der Waals surface area (Å²) in [5.74, 6) is 0. The number of hydrogen-bond donors (Lipinski definition) is 1. The zero-order valence-electron chi connectivity index (χ0n) is 12.7. The summed E-state index contributed by atoms with van der Waals surface area (Å²) in [6.07, 6.45) is 0.980. The maximum absolute atomic E-state index is 12.1. The van der Waals surface area contributed by atoms with Gasteiger partial charge in [-0.25, -0.2) is 4.79 Å². The molecule has 1 N–H and O–H groups in total. The highest BCUT2D eigenvalue weighted by molar-refractivity contribution is 7.15. The Labute approximate surface area is 133 Å². The molecule has 7 heteroatoms. The lowest BCUT2D eigenvalue weighted by Crippen LogP contribution is -2.30. The van der Waals surface area contributed by atoms with E-state index in [-0.39, 0.29) is 11.4 Å². The number of nitrogens with one attached hydrogen (secondary N) is 1. The van der Waals surface area contributed by atoms with E-state index in [9.17, 15) is 4.79 Å². The van der Waals surface area contributed by atoms with Gasteiger partial charge in [-0.2, -0.15) is 0 Å². The maximum Gasteiger partial charge on any atom is 0.323 e. The molecule has 0 atom stereocenters. The number of anilines is 1. The lowest BCUT2D eigenvalue weighted by molar-refractivity contribution is 0.221. The number of hydrogen-bond acceptors (Lipinski definition) is 5. The fourth-order valence-electron chi connectivity index (χ4n) is 1.59. The Morgan fingerprint density at radius 1 is 1.43 bits per heavy atom. The van der Waals surface area contributed by atoms with Crippen molar-refractivity contribution in [3.05, 3.63) is 27.4 Å². The van der Waals surface area contributed by atoms with Crippen LogP contribution >= 0.6 is 22.7 Å². The third-order valence-corrected chi connectivity index (χ3v) is 5.49. The van der Waals surface area contributed by atoms with Crippen molar-refractivity contribution in [3.8, 4) is 0 Å². The van der Waals surface area contributed by atoms with Crippen LogP contribution in [0.4, 0.5) is 9.93 Å². The summed E-state index contributed by atoms with van der Waals surface area (Å²) in [6, 6.07) is 3.83. The standard InChI is InChI=1S/C14H20N4OS2/c1-5-14(2,3)11-16-17-12(21-11)15-13(19)18(4)9-10-7-6-8-20-10/h6-8H,5,9H2,1-4H3,(H,15,17,19). The van der Waals surface area contributed by atoms with Crippen LogP contribution in [0.25, 0.3) is 0 Å². The molecule has 0 spiro atoms. The molecular weight excluding hydrogens is 304 g/mol. The minimum absolute atomic E-state index is 0.0104. The monoisotopic (exact) mass is 324 g/mol. The van der Waals surface area contributed by atoms with Crippen molar-refractivity contribution in [2.24, 2.45) is 0 Å². The molecule has 0 radical (unpaired) electrons. The highest BCUT2D eigenvalue weighted by Crippen LogP contribution is 2.31. The number of aromatic nitrogens is 2. The number of rotatable bonds is 5. The van der Waals surface area contributed by atoms with Crippen molar-refractivity contribution < 1.29 is 4.79 Å². The number of thiophene rings is 1. The molecule has 2 rings (SSSR count). The average molecular weight is 324 g/mol. The van der Waals surface area contributed by atoms with E-state index >= 15 is 0 Å². The van der Waals surface area contributed by atoms with Crippen molar-refractivity contribution >= 4 is 33.8 Å². The largest absolute Gasteiger partial charge is 0.323 e. The first-order chi connectivity index (χ1) is 9.92. The average Bonchev–Trinajstić information content (AvgIpc) is 3.10. The molecule has 2 amide bonds. The minimum atomic E-state index is -0.166. The van der Waals surface area contributed by atoms with E-state index in [1.807, 2.05) is 17.5 Å². The lowest BCUT2D eigenvalue weighted by Gasteiger charge is -2.18. The Bertz CT molecular complexity index is 592. The first kappa shape index (κ1) is 15.9. The van der Waals surface area contributed by atoms with Crippen molar-refractivity contribution in [1.29, 1.82) is 0 Å². The summed E-state index contributed by atoms with van der Waals surface area (Å²) in [4.78, 5) is 14.9. The van der Waals surface area contributed by atoms with Crippen molar-refractivity contribution in [2.75, 3.05) is 12.4 Å². The molecule has 2 aromatic heterocycles. The van der Waals surface area contributed by atoms with Crippen LogP contribution in [0, 0.1) is 0 Å². The molecule has 0 fully saturated rings. The van der Waals surface area contributed by atoms with Gasteiger partial charge in [-0.05, 0) is 17.9 Å². The van der Waals surface area contributed by atoms with Crippen LogP contribution in [0.1, 0.15) is 37.1 Å². The smallest absolute Gasteiger partial charge is 0.322 e. The number of nitrogens with zero attached hydrogens (tertiary/aromatic N) is 3. The van der Waals surface area contributed by atoms with Gasteiger partial charge >= 0.3 is 6.03 Å². The Hall–Kier alpha value is -1.47. The summed E-state index contributed by atoms with van der Waals surface area (Å²) in [5.41, 5.74) is -0.0104. The van der Waals surface area contributed by atoms with Gasteiger partial charge in [0.2, 0.25) is 5.13 Å². The molecule has 0 bridgehead atoms. The van der Waals surface area contributed by atoms with Gasteiger partial charge in [0.25, 0.3) is 0 Å². The molecule has 0 aliphatic carbocycles. The summed E-state index contributed by atoms with van der Waals surface area (Å²) < 4.78 is 0. The molecule has 0 saturated carbocycles. The molecule has 5 nitrogen and oxygen atoms in total. The second kappa shape index (κ2) is 6.53. The third kappa shape index (κ3) is 4.01. The highest BCUT2D eigenvalue weighted by atomic mass is 32.1. The molecular formula is C14H20N4OS2. The number of amides is 2. The van der Waals surface area contributed by atoms with Gasteiger partial charge in [0.1, 0.15) is 5.01 Å². The van der Waals surface area contributed by atoms with E-state index in [0.717, 1.165) is 16.3 Å². The summed E-state index contributed by atoms with van der Waals surface area (Å²) >= 11 is 3.08. The topological polar surface area (TPSA) is 58.1 Å². The lowest BCUT2D eigenvalue weighted by atomic mass is 9.91. The van der Waals surface area contributed by atoms with Gasteiger partial charge in [-0.1, -0.05) is 38.2 Å². The van der Waals surface area contributed by atoms with E-state index in [1.165, 1.54) is 11.3 Å². The van der Waals surface area contributed by atoms with Crippen LogP contribution < -0.4 is 5.32 Å². The second-order valence-corrected chi connectivity index (χ2v) is 7.53. The third-order valence-electron chi connectivity index (χ3n) is 3.42. The molecule has 21 heavy (non-hydrogen) atoms. The molecule has 0 aliphatic heterocycles. The zero-order valence-corrected chi connectivity index (χ0v) is 14.3.